The second kappa shape index (κ2) is 9.07. The number of aromatic nitrogens is 1. The fraction of sp³-hybridized carbons (Fsp3) is 0.150. The van der Waals surface area contributed by atoms with E-state index in [1.165, 1.54) is 29.5 Å². The fourth-order valence-corrected chi connectivity index (χ4v) is 3.31. The standard InChI is InChI=1S/C20H17N3O5S/c1-13-6-8-14(9-7-13)20-21-15(12-29-20)10-19(25)28-11-18(24)22-16-4-2-3-5-17(16)23(26)27/h2-9,12H,10-11H2,1H3,(H,22,24). The average molecular weight is 411 g/mol. The molecule has 29 heavy (non-hydrogen) atoms. The van der Waals surface area contributed by atoms with Crippen LogP contribution in [0.25, 0.3) is 10.6 Å². The van der Waals surface area contributed by atoms with Crippen LogP contribution in [0.3, 0.4) is 0 Å². The van der Waals surface area contributed by atoms with Gasteiger partial charge in [0.2, 0.25) is 0 Å². The summed E-state index contributed by atoms with van der Waals surface area (Å²) >= 11 is 1.42. The van der Waals surface area contributed by atoms with E-state index >= 15 is 0 Å². The van der Waals surface area contributed by atoms with E-state index < -0.39 is 23.4 Å². The van der Waals surface area contributed by atoms with Crippen LogP contribution in [0, 0.1) is 17.0 Å². The molecule has 0 saturated carbocycles. The maximum absolute atomic E-state index is 12.0. The summed E-state index contributed by atoms with van der Waals surface area (Å²) in [5.41, 5.74) is 2.46. The number of ether oxygens (including phenoxy) is 1. The summed E-state index contributed by atoms with van der Waals surface area (Å²) in [7, 11) is 0. The highest BCUT2D eigenvalue weighted by atomic mass is 32.1. The molecule has 0 aliphatic rings. The Bertz CT molecular complexity index is 1050. The van der Waals surface area contributed by atoms with Crippen molar-refractivity contribution in [1.82, 2.24) is 4.98 Å². The Labute approximate surface area is 170 Å². The Morgan fingerprint density at radius 1 is 1.17 bits per heavy atom. The van der Waals surface area contributed by atoms with E-state index in [4.69, 9.17) is 4.74 Å². The molecule has 9 heteroatoms. The van der Waals surface area contributed by atoms with Gasteiger partial charge in [0.05, 0.1) is 17.0 Å². The monoisotopic (exact) mass is 411 g/mol. The number of hydrogen-bond donors (Lipinski definition) is 1. The number of hydrogen-bond acceptors (Lipinski definition) is 7. The van der Waals surface area contributed by atoms with Crippen LogP contribution in [0.5, 0.6) is 0 Å². The van der Waals surface area contributed by atoms with Crippen molar-refractivity contribution in [2.24, 2.45) is 0 Å². The molecule has 0 saturated heterocycles. The van der Waals surface area contributed by atoms with Crippen LogP contribution in [0.4, 0.5) is 11.4 Å². The smallest absolute Gasteiger partial charge is 0.312 e. The molecule has 148 valence electrons. The first-order valence-electron chi connectivity index (χ1n) is 8.62. The average Bonchev–Trinajstić information content (AvgIpc) is 3.15. The Morgan fingerprint density at radius 2 is 1.90 bits per heavy atom. The van der Waals surface area contributed by atoms with Crippen molar-refractivity contribution in [3.05, 3.63) is 75.3 Å². The number of benzene rings is 2. The summed E-state index contributed by atoms with van der Waals surface area (Å²) in [5.74, 6) is -1.27. The van der Waals surface area contributed by atoms with E-state index in [9.17, 15) is 19.7 Å². The molecule has 0 radical (unpaired) electrons. The van der Waals surface area contributed by atoms with Gasteiger partial charge in [0, 0.05) is 17.0 Å². The first-order chi connectivity index (χ1) is 13.9. The number of amides is 1. The van der Waals surface area contributed by atoms with Crippen LogP contribution in [-0.4, -0.2) is 28.4 Å². The highest BCUT2D eigenvalue weighted by Gasteiger charge is 2.16. The lowest BCUT2D eigenvalue weighted by Crippen LogP contribution is -2.22. The molecule has 1 N–H and O–H groups in total. The third kappa shape index (κ3) is 5.45. The molecule has 0 fully saturated rings. The van der Waals surface area contributed by atoms with Crippen molar-refractivity contribution in [1.29, 1.82) is 0 Å². The minimum atomic E-state index is -0.661. The zero-order valence-electron chi connectivity index (χ0n) is 15.5. The first-order valence-corrected chi connectivity index (χ1v) is 9.50. The SMILES string of the molecule is Cc1ccc(-c2nc(CC(=O)OCC(=O)Nc3ccccc3[N+](=O)[O-])cs2)cc1. The molecular weight excluding hydrogens is 394 g/mol. The number of nitro benzene ring substituents is 1. The van der Waals surface area contributed by atoms with E-state index in [1.54, 1.807) is 11.4 Å². The molecule has 3 rings (SSSR count). The number of para-hydroxylation sites is 2. The number of thiazole rings is 1. The third-order valence-electron chi connectivity index (χ3n) is 3.91. The van der Waals surface area contributed by atoms with Crippen molar-refractivity contribution < 1.29 is 19.2 Å². The van der Waals surface area contributed by atoms with Crippen LogP contribution in [0.2, 0.25) is 0 Å². The van der Waals surface area contributed by atoms with E-state index in [1.807, 2.05) is 31.2 Å². The van der Waals surface area contributed by atoms with E-state index in [0.717, 1.165) is 16.1 Å². The maximum atomic E-state index is 12.0. The Hall–Kier alpha value is -3.59. The minimum absolute atomic E-state index is 0.0424. The number of esters is 1. The zero-order valence-corrected chi connectivity index (χ0v) is 16.3. The number of carbonyl (C=O) groups is 2. The Morgan fingerprint density at radius 3 is 2.62 bits per heavy atom. The number of aryl methyl sites for hydroxylation is 1. The molecule has 0 aliphatic carbocycles. The summed E-state index contributed by atoms with van der Waals surface area (Å²) in [6.07, 6.45) is -0.0683. The van der Waals surface area contributed by atoms with Gasteiger partial charge in [-0.15, -0.1) is 11.3 Å². The Balaban J connectivity index is 1.52. The topological polar surface area (TPSA) is 111 Å². The molecule has 0 atom stereocenters. The minimum Gasteiger partial charge on any atom is -0.455 e. The van der Waals surface area contributed by atoms with Crippen LogP contribution < -0.4 is 5.32 Å². The molecule has 0 spiro atoms. The quantitative estimate of drug-likeness (QED) is 0.360. The van der Waals surface area contributed by atoms with Gasteiger partial charge < -0.3 is 10.1 Å². The maximum Gasteiger partial charge on any atom is 0.312 e. The van der Waals surface area contributed by atoms with Gasteiger partial charge >= 0.3 is 5.97 Å². The molecule has 0 aliphatic heterocycles. The summed E-state index contributed by atoms with van der Waals surface area (Å²) in [4.78, 5) is 38.7. The van der Waals surface area contributed by atoms with Crippen LogP contribution in [0.15, 0.2) is 53.9 Å². The fourth-order valence-electron chi connectivity index (χ4n) is 2.49. The summed E-state index contributed by atoms with van der Waals surface area (Å²) in [6.45, 7) is 1.46. The highest BCUT2D eigenvalue weighted by Crippen LogP contribution is 2.25. The van der Waals surface area contributed by atoms with Gasteiger partial charge in [0.25, 0.3) is 11.6 Å². The number of nitrogens with zero attached hydrogens (tertiary/aromatic N) is 2. The van der Waals surface area contributed by atoms with Gasteiger partial charge in [0.15, 0.2) is 6.61 Å². The lowest BCUT2D eigenvalue weighted by atomic mass is 10.2. The molecular formula is C20H17N3O5S. The number of carbonyl (C=O) groups excluding carboxylic acids is 2. The van der Waals surface area contributed by atoms with Gasteiger partial charge in [0.1, 0.15) is 10.7 Å². The lowest BCUT2D eigenvalue weighted by Gasteiger charge is -2.06. The molecule has 8 nitrogen and oxygen atoms in total. The largest absolute Gasteiger partial charge is 0.455 e. The first kappa shape index (κ1) is 20.2. The number of nitrogens with one attached hydrogen (secondary N) is 1. The van der Waals surface area contributed by atoms with E-state index in [2.05, 4.69) is 10.3 Å². The van der Waals surface area contributed by atoms with E-state index in [0.29, 0.717) is 5.69 Å². The molecule has 0 unspecified atom stereocenters. The lowest BCUT2D eigenvalue weighted by molar-refractivity contribution is -0.383. The molecule has 1 aromatic heterocycles. The van der Waals surface area contributed by atoms with Gasteiger partial charge in [-0.2, -0.15) is 0 Å². The van der Waals surface area contributed by atoms with Gasteiger partial charge in [-0.1, -0.05) is 42.0 Å². The number of nitro groups is 1. The predicted molar refractivity (Wildman–Crippen MR) is 109 cm³/mol. The normalized spacial score (nSPS) is 10.4. The van der Waals surface area contributed by atoms with E-state index in [-0.39, 0.29) is 17.8 Å². The second-order valence-corrected chi connectivity index (χ2v) is 7.03. The van der Waals surface area contributed by atoms with Gasteiger partial charge in [-0.25, -0.2) is 4.98 Å². The molecule has 2 aromatic carbocycles. The van der Waals surface area contributed by atoms with Gasteiger partial charge in [-0.3, -0.25) is 19.7 Å². The van der Waals surface area contributed by atoms with Crippen molar-refractivity contribution >= 4 is 34.6 Å². The van der Waals surface area contributed by atoms with Gasteiger partial charge in [-0.05, 0) is 13.0 Å². The van der Waals surface area contributed by atoms with Crippen molar-refractivity contribution in [3.8, 4) is 10.6 Å². The molecule has 3 aromatic rings. The predicted octanol–water partition coefficient (Wildman–Crippen LogP) is 3.75. The third-order valence-corrected chi connectivity index (χ3v) is 4.85. The highest BCUT2D eigenvalue weighted by molar-refractivity contribution is 7.13. The summed E-state index contributed by atoms with van der Waals surface area (Å²) in [6, 6.07) is 13.6. The second-order valence-electron chi connectivity index (χ2n) is 6.17. The van der Waals surface area contributed by atoms with Crippen LogP contribution >= 0.6 is 11.3 Å². The molecule has 1 heterocycles. The van der Waals surface area contributed by atoms with Crippen molar-refractivity contribution in [3.63, 3.8) is 0 Å². The summed E-state index contributed by atoms with van der Waals surface area (Å²) < 4.78 is 4.95. The van der Waals surface area contributed by atoms with Crippen molar-refractivity contribution in [2.75, 3.05) is 11.9 Å². The summed E-state index contributed by atoms with van der Waals surface area (Å²) in [5, 5.41) is 15.9. The molecule has 1 amide bonds. The zero-order chi connectivity index (χ0) is 20.8. The number of anilines is 1. The van der Waals surface area contributed by atoms with Crippen molar-refractivity contribution in [2.45, 2.75) is 13.3 Å². The van der Waals surface area contributed by atoms with Crippen LogP contribution in [-0.2, 0) is 20.7 Å². The van der Waals surface area contributed by atoms with Crippen LogP contribution in [0.1, 0.15) is 11.3 Å². The molecule has 0 bridgehead atoms. The Kier molecular flexibility index (Phi) is 6.30. The number of rotatable bonds is 7.